The zero-order valence-electron chi connectivity index (χ0n) is 12.2. The Morgan fingerprint density at radius 1 is 1.48 bits per heavy atom. The first-order valence-corrected chi connectivity index (χ1v) is 7.33. The van der Waals surface area contributed by atoms with E-state index in [4.69, 9.17) is 17.3 Å². The molecule has 5 heteroatoms. The summed E-state index contributed by atoms with van der Waals surface area (Å²) in [7, 11) is 0. The van der Waals surface area contributed by atoms with Gasteiger partial charge in [0.2, 0.25) is 0 Å². The van der Waals surface area contributed by atoms with Crippen molar-refractivity contribution in [3.05, 3.63) is 34.9 Å². The summed E-state index contributed by atoms with van der Waals surface area (Å²) in [6, 6.07) is 7.38. The molecule has 4 nitrogen and oxygen atoms in total. The van der Waals surface area contributed by atoms with Crippen LogP contribution in [0.1, 0.15) is 32.3 Å². The van der Waals surface area contributed by atoms with Crippen LogP contribution in [-0.4, -0.2) is 22.9 Å². The molecule has 2 unspecified atom stereocenters. The number of rotatable bonds is 5. The van der Waals surface area contributed by atoms with Crippen molar-refractivity contribution in [2.24, 2.45) is 16.6 Å². The maximum atomic E-state index is 12.6. The number of nitrogens with two attached hydrogens (primary N) is 1. The molecular weight excluding hydrogens is 288 g/mol. The van der Waals surface area contributed by atoms with Crippen molar-refractivity contribution in [1.29, 1.82) is 0 Å². The second kappa shape index (κ2) is 5.98. The lowest BCUT2D eigenvalue weighted by Crippen LogP contribution is -2.35. The molecule has 2 rings (SSSR count). The lowest BCUT2D eigenvalue weighted by atomic mass is 9.84. The van der Waals surface area contributed by atoms with Crippen LogP contribution in [0.4, 0.5) is 0 Å². The third-order valence-electron chi connectivity index (χ3n) is 3.87. The van der Waals surface area contributed by atoms with Crippen molar-refractivity contribution in [2.45, 2.75) is 38.6 Å². The van der Waals surface area contributed by atoms with Gasteiger partial charge in [-0.2, -0.15) is 0 Å². The summed E-state index contributed by atoms with van der Waals surface area (Å²) in [5.74, 6) is -0.0382. The molecule has 21 heavy (non-hydrogen) atoms. The van der Waals surface area contributed by atoms with Gasteiger partial charge in [-0.3, -0.25) is 9.79 Å². The highest BCUT2D eigenvalue weighted by Gasteiger charge is 2.44. The first-order valence-electron chi connectivity index (χ1n) is 6.95. The quantitative estimate of drug-likeness (QED) is 0.908. The van der Waals surface area contributed by atoms with E-state index < -0.39 is 11.5 Å². The van der Waals surface area contributed by atoms with Gasteiger partial charge in [-0.15, -0.1) is 0 Å². The number of hydrogen-bond acceptors (Lipinski definition) is 4. The van der Waals surface area contributed by atoms with Gasteiger partial charge in [-0.05, 0) is 44.4 Å². The van der Waals surface area contributed by atoms with Gasteiger partial charge >= 0.3 is 0 Å². The largest absolute Gasteiger partial charge is 0.387 e. The second-order valence-electron chi connectivity index (χ2n) is 5.76. The summed E-state index contributed by atoms with van der Waals surface area (Å²) in [5.41, 5.74) is 6.03. The van der Waals surface area contributed by atoms with E-state index in [1.807, 2.05) is 18.2 Å². The van der Waals surface area contributed by atoms with Gasteiger partial charge in [0.25, 0.3) is 0 Å². The van der Waals surface area contributed by atoms with Gasteiger partial charge < -0.3 is 10.5 Å². The van der Waals surface area contributed by atoms with Crippen LogP contribution in [0, 0.1) is 5.92 Å². The van der Waals surface area contributed by atoms with Crippen LogP contribution < -0.4 is 5.73 Å². The summed E-state index contributed by atoms with van der Waals surface area (Å²) in [4.78, 5) is 28.1. The van der Waals surface area contributed by atoms with Crippen LogP contribution in [-0.2, 0) is 16.0 Å². The Morgan fingerprint density at radius 3 is 2.81 bits per heavy atom. The van der Waals surface area contributed by atoms with Gasteiger partial charge in [-0.1, -0.05) is 23.7 Å². The zero-order valence-corrected chi connectivity index (χ0v) is 13.0. The third kappa shape index (κ3) is 3.50. The van der Waals surface area contributed by atoms with E-state index >= 15 is 0 Å². The van der Waals surface area contributed by atoms with Crippen LogP contribution in [0.25, 0.3) is 0 Å². The number of Topliss-reactive ketones (excluding diaryl/α,β-unsaturated/α-hetero) is 2. The van der Waals surface area contributed by atoms with Crippen molar-refractivity contribution in [1.82, 2.24) is 0 Å². The minimum Gasteiger partial charge on any atom is -0.387 e. The molecule has 0 bridgehead atoms. The van der Waals surface area contributed by atoms with Crippen molar-refractivity contribution in [3.63, 3.8) is 0 Å². The minimum absolute atomic E-state index is 0.0128. The summed E-state index contributed by atoms with van der Waals surface area (Å²) in [6.07, 6.45) is 1.24. The summed E-state index contributed by atoms with van der Waals surface area (Å²) >= 11 is 5.96. The number of halogens is 1. The van der Waals surface area contributed by atoms with Crippen molar-refractivity contribution in [3.8, 4) is 0 Å². The Labute approximate surface area is 129 Å². The molecule has 1 heterocycles. The molecule has 0 aromatic heterocycles. The van der Waals surface area contributed by atoms with Crippen LogP contribution in [0.15, 0.2) is 29.3 Å². The molecule has 0 fully saturated rings. The van der Waals surface area contributed by atoms with E-state index in [2.05, 4.69) is 4.99 Å². The fourth-order valence-electron chi connectivity index (χ4n) is 2.62. The standard InChI is InChI=1S/C16H19ClN2O2/c1-10(20)6-7-16(2)14(21)13(15(18)19-16)9-11-4-3-5-12(17)8-11/h3-5,8,13H,6-7,9H2,1-2H3,(H2,18,19). The molecular formula is C16H19ClN2O2. The SMILES string of the molecule is CC(=O)CCC1(C)N=C(N)C(Cc2cccc(Cl)c2)C1=O. The maximum Gasteiger partial charge on any atom is 0.171 e. The predicted molar refractivity (Wildman–Crippen MR) is 83.6 cm³/mol. The highest BCUT2D eigenvalue weighted by molar-refractivity contribution is 6.30. The van der Waals surface area contributed by atoms with Crippen LogP contribution in [0.5, 0.6) is 0 Å². The van der Waals surface area contributed by atoms with E-state index in [0.717, 1.165) is 5.56 Å². The number of aliphatic imine (C=N–C) groups is 1. The molecule has 0 radical (unpaired) electrons. The zero-order chi connectivity index (χ0) is 15.6. The Morgan fingerprint density at radius 2 is 2.19 bits per heavy atom. The Kier molecular flexibility index (Phi) is 4.47. The first kappa shape index (κ1) is 15.7. The van der Waals surface area contributed by atoms with E-state index in [0.29, 0.717) is 30.1 Å². The van der Waals surface area contributed by atoms with E-state index in [1.165, 1.54) is 6.92 Å². The molecule has 0 saturated heterocycles. The molecule has 0 amide bonds. The van der Waals surface area contributed by atoms with Gasteiger partial charge in [0.05, 0.1) is 5.92 Å². The van der Waals surface area contributed by atoms with E-state index in [9.17, 15) is 9.59 Å². The summed E-state index contributed by atoms with van der Waals surface area (Å²) in [5, 5.41) is 0.632. The normalized spacial score (nSPS) is 25.0. The molecule has 2 atom stereocenters. The highest BCUT2D eigenvalue weighted by atomic mass is 35.5. The van der Waals surface area contributed by atoms with Crippen LogP contribution in [0.3, 0.4) is 0 Å². The van der Waals surface area contributed by atoms with Crippen molar-refractivity contribution in [2.75, 3.05) is 0 Å². The second-order valence-corrected chi connectivity index (χ2v) is 6.20. The number of carbonyl (C=O) groups excluding carboxylic acids is 2. The fourth-order valence-corrected chi connectivity index (χ4v) is 2.84. The van der Waals surface area contributed by atoms with Gasteiger partial charge in [0, 0.05) is 11.4 Å². The fraction of sp³-hybridized carbons (Fsp3) is 0.438. The number of carbonyl (C=O) groups is 2. The number of nitrogens with zero attached hydrogens (tertiary/aromatic N) is 1. The highest BCUT2D eigenvalue weighted by Crippen LogP contribution is 2.31. The first-order chi connectivity index (χ1) is 9.82. The molecule has 1 aromatic carbocycles. The van der Waals surface area contributed by atoms with Crippen molar-refractivity contribution < 1.29 is 9.59 Å². The lowest BCUT2D eigenvalue weighted by Gasteiger charge is -2.19. The molecule has 1 aliphatic rings. The molecule has 1 aliphatic heterocycles. The third-order valence-corrected chi connectivity index (χ3v) is 4.11. The number of hydrogen-bond donors (Lipinski definition) is 1. The van der Waals surface area contributed by atoms with E-state index in [1.54, 1.807) is 13.0 Å². The molecule has 0 saturated carbocycles. The van der Waals surface area contributed by atoms with Crippen LogP contribution >= 0.6 is 11.6 Å². The average Bonchev–Trinajstić information content (AvgIpc) is 2.61. The molecule has 112 valence electrons. The topological polar surface area (TPSA) is 72.5 Å². The lowest BCUT2D eigenvalue weighted by molar-refractivity contribution is -0.125. The van der Waals surface area contributed by atoms with Gasteiger partial charge in [0.1, 0.15) is 17.2 Å². The summed E-state index contributed by atoms with van der Waals surface area (Å²) in [6.45, 7) is 3.27. The Hall–Kier alpha value is -1.68. The monoisotopic (exact) mass is 306 g/mol. The van der Waals surface area contributed by atoms with Crippen molar-refractivity contribution >= 4 is 29.0 Å². The minimum atomic E-state index is -0.876. The maximum absolute atomic E-state index is 12.6. The number of benzene rings is 1. The van der Waals surface area contributed by atoms with E-state index in [-0.39, 0.29) is 11.6 Å². The summed E-state index contributed by atoms with van der Waals surface area (Å²) < 4.78 is 0. The predicted octanol–water partition coefficient (Wildman–Crippen LogP) is 2.57. The molecule has 0 aliphatic carbocycles. The number of ketones is 2. The van der Waals surface area contributed by atoms with Gasteiger partial charge in [0.15, 0.2) is 5.78 Å². The molecule has 2 N–H and O–H groups in total. The average molecular weight is 307 g/mol. The molecule has 1 aromatic rings. The smallest absolute Gasteiger partial charge is 0.171 e. The van der Waals surface area contributed by atoms with Gasteiger partial charge in [-0.25, -0.2) is 0 Å². The Bertz CT molecular complexity index is 612. The number of amidine groups is 1. The molecule has 0 spiro atoms. The Balaban J connectivity index is 2.14. The van der Waals surface area contributed by atoms with Crippen LogP contribution in [0.2, 0.25) is 5.02 Å².